The first-order valence-corrected chi connectivity index (χ1v) is 5.30. The molecule has 0 aromatic heterocycles. The fourth-order valence-corrected chi connectivity index (χ4v) is 1.66. The molecule has 80 valence electrons. The van der Waals surface area contributed by atoms with Crippen LogP contribution >= 0.6 is 0 Å². The first-order valence-electron chi connectivity index (χ1n) is 5.30. The van der Waals surface area contributed by atoms with Crippen molar-refractivity contribution in [3.8, 4) is 0 Å². The third-order valence-electron chi connectivity index (χ3n) is 2.59. The van der Waals surface area contributed by atoms with Gasteiger partial charge in [-0.2, -0.15) is 0 Å². The number of carbonyl (C=O) groups is 1. The van der Waals surface area contributed by atoms with Gasteiger partial charge in [-0.05, 0) is 32.6 Å². The molecule has 14 heavy (non-hydrogen) atoms. The van der Waals surface area contributed by atoms with E-state index in [1.54, 1.807) is 0 Å². The van der Waals surface area contributed by atoms with E-state index in [1.165, 1.54) is 0 Å². The van der Waals surface area contributed by atoms with E-state index in [2.05, 4.69) is 17.5 Å². The van der Waals surface area contributed by atoms with Gasteiger partial charge in [-0.15, -0.1) is 0 Å². The van der Waals surface area contributed by atoms with E-state index in [9.17, 15) is 4.79 Å². The third kappa shape index (κ3) is 3.50. The van der Waals surface area contributed by atoms with Gasteiger partial charge in [-0.3, -0.25) is 4.79 Å². The van der Waals surface area contributed by atoms with Crippen molar-refractivity contribution in [2.45, 2.75) is 38.6 Å². The van der Waals surface area contributed by atoms with Crippen molar-refractivity contribution in [1.82, 2.24) is 5.32 Å². The Morgan fingerprint density at radius 3 is 3.00 bits per heavy atom. The zero-order valence-corrected chi connectivity index (χ0v) is 8.70. The lowest BCUT2D eigenvalue weighted by Gasteiger charge is -2.20. The van der Waals surface area contributed by atoms with E-state index in [-0.39, 0.29) is 24.5 Å². The molecule has 0 aliphatic heterocycles. The summed E-state index contributed by atoms with van der Waals surface area (Å²) in [5.74, 6) is 0.274. The smallest absolute Gasteiger partial charge is 0.223 e. The Labute approximate surface area is 85.2 Å². The quantitative estimate of drug-likeness (QED) is 0.666. The van der Waals surface area contributed by atoms with Crippen LogP contribution in [0.5, 0.6) is 0 Å². The van der Waals surface area contributed by atoms with Crippen LogP contribution in [-0.2, 0) is 4.79 Å². The lowest BCUT2D eigenvalue weighted by atomic mass is 9.93. The molecule has 1 aliphatic carbocycles. The van der Waals surface area contributed by atoms with Crippen LogP contribution in [0.25, 0.3) is 0 Å². The number of carbonyl (C=O) groups excluding carboxylic acids is 1. The Morgan fingerprint density at radius 1 is 1.64 bits per heavy atom. The molecule has 0 fully saturated rings. The molecule has 2 unspecified atom stereocenters. The molecule has 1 amide bonds. The lowest BCUT2D eigenvalue weighted by Crippen LogP contribution is -2.38. The molecule has 3 heteroatoms. The molecule has 2 N–H and O–H groups in total. The number of aliphatic hydroxyl groups is 1. The number of amides is 1. The maximum absolute atomic E-state index is 11.7. The molecule has 2 atom stereocenters. The molecular formula is C11H19NO2. The van der Waals surface area contributed by atoms with Crippen LogP contribution in [0.15, 0.2) is 12.2 Å². The molecule has 0 aromatic rings. The molecule has 0 heterocycles. The van der Waals surface area contributed by atoms with Gasteiger partial charge in [0.1, 0.15) is 0 Å². The summed E-state index contributed by atoms with van der Waals surface area (Å²) in [6.45, 7) is 2.05. The molecule has 0 saturated heterocycles. The summed E-state index contributed by atoms with van der Waals surface area (Å²) in [6.07, 6.45) is 7.65. The van der Waals surface area contributed by atoms with E-state index in [0.29, 0.717) is 6.42 Å². The van der Waals surface area contributed by atoms with Crippen LogP contribution in [0.3, 0.4) is 0 Å². The van der Waals surface area contributed by atoms with Crippen LogP contribution in [0, 0.1) is 5.92 Å². The highest BCUT2D eigenvalue weighted by Crippen LogP contribution is 2.18. The summed E-state index contributed by atoms with van der Waals surface area (Å²) < 4.78 is 0. The van der Waals surface area contributed by atoms with Gasteiger partial charge in [-0.25, -0.2) is 0 Å². The van der Waals surface area contributed by atoms with Crippen molar-refractivity contribution in [3.63, 3.8) is 0 Å². The first kappa shape index (κ1) is 11.2. The second kappa shape index (κ2) is 5.81. The van der Waals surface area contributed by atoms with E-state index >= 15 is 0 Å². The van der Waals surface area contributed by atoms with Gasteiger partial charge in [0.25, 0.3) is 0 Å². The summed E-state index contributed by atoms with van der Waals surface area (Å²) in [5.41, 5.74) is 0. The average molecular weight is 197 g/mol. The Kier molecular flexibility index (Phi) is 4.66. The first-order chi connectivity index (χ1) is 6.74. The van der Waals surface area contributed by atoms with Gasteiger partial charge in [0.05, 0.1) is 0 Å². The van der Waals surface area contributed by atoms with E-state index in [4.69, 9.17) is 5.11 Å². The standard InChI is InChI=1S/C11H19NO2/c1-9(7-8-13)12-11(14)10-5-3-2-4-6-10/h2-3,9-10,13H,4-8H2,1H3,(H,12,14). The lowest BCUT2D eigenvalue weighted by molar-refractivity contribution is -0.125. The van der Waals surface area contributed by atoms with Gasteiger partial charge in [0.2, 0.25) is 5.91 Å². The second-order valence-electron chi connectivity index (χ2n) is 3.90. The van der Waals surface area contributed by atoms with Gasteiger partial charge < -0.3 is 10.4 Å². The minimum Gasteiger partial charge on any atom is -0.396 e. The van der Waals surface area contributed by atoms with Gasteiger partial charge in [0.15, 0.2) is 0 Å². The number of aliphatic hydroxyl groups excluding tert-OH is 1. The van der Waals surface area contributed by atoms with Gasteiger partial charge >= 0.3 is 0 Å². The molecule has 1 rings (SSSR count). The SMILES string of the molecule is CC(CCO)NC(=O)C1CC=CCC1. The third-order valence-corrected chi connectivity index (χ3v) is 2.59. The monoisotopic (exact) mass is 197 g/mol. The van der Waals surface area contributed by atoms with Crippen LogP contribution in [0.2, 0.25) is 0 Å². The van der Waals surface area contributed by atoms with Crippen LogP contribution in [0.1, 0.15) is 32.6 Å². The van der Waals surface area contributed by atoms with Crippen molar-refractivity contribution in [2.24, 2.45) is 5.92 Å². The van der Waals surface area contributed by atoms with Crippen LogP contribution < -0.4 is 5.32 Å². The van der Waals surface area contributed by atoms with Gasteiger partial charge in [-0.1, -0.05) is 12.2 Å². The van der Waals surface area contributed by atoms with Crippen molar-refractivity contribution in [1.29, 1.82) is 0 Å². The predicted molar refractivity (Wildman–Crippen MR) is 55.8 cm³/mol. The minimum atomic E-state index is 0.0819. The molecule has 0 radical (unpaired) electrons. The van der Waals surface area contributed by atoms with Crippen LogP contribution in [-0.4, -0.2) is 23.7 Å². The number of nitrogens with one attached hydrogen (secondary N) is 1. The highest BCUT2D eigenvalue weighted by atomic mass is 16.3. The summed E-state index contributed by atoms with van der Waals surface area (Å²) in [7, 11) is 0. The Bertz CT molecular complexity index is 213. The number of hydrogen-bond donors (Lipinski definition) is 2. The molecule has 0 aromatic carbocycles. The topological polar surface area (TPSA) is 49.3 Å². The van der Waals surface area contributed by atoms with E-state index in [0.717, 1.165) is 19.3 Å². The summed E-state index contributed by atoms with van der Waals surface area (Å²) in [4.78, 5) is 11.7. The van der Waals surface area contributed by atoms with E-state index < -0.39 is 0 Å². The Hall–Kier alpha value is -0.830. The molecule has 0 saturated carbocycles. The fourth-order valence-electron chi connectivity index (χ4n) is 1.66. The molecule has 0 bridgehead atoms. The number of hydrogen-bond acceptors (Lipinski definition) is 2. The minimum absolute atomic E-state index is 0.0819. The average Bonchev–Trinajstić information content (AvgIpc) is 2.19. The van der Waals surface area contributed by atoms with Crippen molar-refractivity contribution >= 4 is 5.91 Å². The van der Waals surface area contributed by atoms with E-state index in [1.807, 2.05) is 6.92 Å². The van der Waals surface area contributed by atoms with Crippen LogP contribution in [0.4, 0.5) is 0 Å². The van der Waals surface area contributed by atoms with Crippen molar-refractivity contribution in [3.05, 3.63) is 12.2 Å². The Morgan fingerprint density at radius 2 is 2.43 bits per heavy atom. The van der Waals surface area contributed by atoms with Gasteiger partial charge in [0, 0.05) is 18.6 Å². The van der Waals surface area contributed by atoms with Crippen molar-refractivity contribution < 1.29 is 9.90 Å². The molecule has 1 aliphatic rings. The maximum atomic E-state index is 11.7. The predicted octanol–water partition coefficient (Wildman–Crippen LogP) is 1.23. The second-order valence-corrected chi connectivity index (χ2v) is 3.90. The zero-order chi connectivity index (χ0) is 10.4. The maximum Gasteiger partial charge on any atom is 0.223 e. The molecular weight excluding hydrogens is 178 g/mol. The van der Waals surface area contributed by atoms with Crippen molar-refractivity contribution in [2.75, 3.05) is 6.61 Å². The molecule has 3 nitrogen and oxygen atoms in total. The molecule has 0 spiro atoms. The number of allylic oxidation sites excluding steroid dienone is 2. The highest BCUT2D eigenvalue weighted by Gasteiger charge is 2.19. The fraction of sp³-hybridized carbons (Fsp3) is 0.727. The summed E-state index contributed by atoms with van der Waals surface area (Å²) in [6, 6.07) is 0.0819. The highest BCUT2D eigenvalue weighted by molar-refractivity contribution is 5.79. The Balaban J connectivity index is 2.30. The zero-order valence-electron chi connectivity index (χ0n) is 8.70. The summed E-state index contributed by atoms with van der Waals surface area (Å²) >= 11 is 0. The normalized spacial score (nSPS) is 23.1. The largest absolute Gasteiger partial charge is 0.396 e. The summed E-state index contributed by atoms with van der Waals surface area (Å²) in [5, 5.41) is 11.6. The number of rotatable bonds is 4.